The average Bonchev–Trinajstić information content (AvgIpc) is 3.31. The van der Waals surface area contributed by atoms with Crippen LogP contribution in [0.1, 0.15) is 52.6 Å². The van der Waals surface area contributed by atoms with E-state index in [0.29, 0.717) is 34.9 Å². The third kappa shape index (κ3) is 3.67. The summed E-state index contributed by atoms with van der Waals surface area (Å²) in [5.74, 6) is -0.383. The van der Waals surface area contributed by atoms with E-state index in [1.807, 2.05) is 24.3 Å². The highest BCUT2D eigenvalue weighted by molar-refractivity contribution is 6.08. The molecule has 0 saturated carbocycles. The van der Waals surface area contributed by atoms with E-state index in [0.717, 1.165) is 16.8 Å². The largest absolute Gasteiger partial charge is 0.457 e. The van der Waals surface area contributed by atoms with Gasteiger partial charge in [0.05, 0.1) is 11.1 Å². The normalized spacial score (nSPS) is 15.4. The number of benzene rings is 2. The smallest absolute Gasteiger partial charge is 0.338 e. The summed E-state index contributed by atoms with van der Waals surface area (Å²) in [7, 11) is 0. The van der Waals surface area contributed by atoms with Gasteiger partial charge >= 0.3 is 5.97 Å². The summed E-state index contributed by atoms with van der Waals surface area (Å²) in [5, 5.41) is 6.10. The van der Waals surface area contributed by atoms with Crippen molar-refractivity contribution >= 4 is 40.7 Å². The lowest BCUT2D eigenvalue weighted by Gasteiger charge is -2.19. The highest BCUT2D eigenvalue weighted by Gasteiger charge is 2.37. The van der Waals surface area contributed by atoms with Crippen LogP contribution >= 0.6 is 0 Å². The monoisotopic (exact) mass is 456 g/mol. The van der Waals surface area contributed by atoms with Gasteiger partial charge in [0.15, 0.2) is 0 Å². The number of cyclic esters (lactones) is 1. The topological polar surface area (TPSA) is 101 Å². The highest BCUT2D eigenvalue weighted by atomic mass is 16.5. The molecule has 8 nitrogen and oxygen atoms in total. The number of rotatable bonds is 4. The first kappa shape index (κ1) is 21.6. The Morgan fingerprint density at radius 2 is 1.94 bits per heavy atom. The van der Waals surface area contributed by atoms with Gasteiger partial charge in [-0.3, -0.25) is 9.59 Å². The van der Waals surface area contributed by atoms with Gasteiger partial charge in [0.1, 0.15) is 12.4 Å². The molecule has 8 heteroatoms. The molecule has 2 aliphatic rings. The molecule has 172 valence electrons. The Labute approximate surface area is 196 Å². The van der Waals surface area contributed by atoms with E-state index in [-0.39, 0.29) is 29.8 Å². The van der Waals surface area contributed by atoms with Crippen LogP contribution in [0.25, 0.3) is 0 Å². The van der Waals surface area contributed by atoms with Gasteiger partial charge in [0.25, 0.3) is 5.91 Å². The summed E-state index contributed by atoms with van der Waals surface area (Å²) < 4.78 is 5.13. The first-order valence-corrected chi connectivity index (χ1v) is 11.0. The predicted octanol–water partition coefficient (Wildman–Crippen LogP) is 4.39. The van der Waals surface area contributed by atoms with Gasteiger partial charge in [-0.15, -0.1) is 0 Å². The molecule has 0 saturated heterocycles. The van der Waals surface area contributed by atoms with Crippen molar-refractivity contribution in [1.82, 2.24) is 4.98 Å². The quantitative estimate of drug-likeness (QED) is 0.565. The molecule has 0 unspecified atom stereocenters. The Bertz CT molecular complexity index is 1350. The first-order valence-electron chi connectivity index (χ1n) is 11.0. The minimum Gasteiger partial charge on any atom is -0.457 e. The molecule has 0 atom stereocenters. The number of pyridine rings is 1. The first-order chi connectivity index (χ1) is 16.2. The van der Waals surface area contributed by atoms with Crippen LogP contribution in [0.3, 0.4) is 0 Å². The molecule has 2 aromatic carbocycles. The van der Waals surface area contributed by atoms with E-state index in [2.05, 4.69) is 29.5 Å². The second kappa shape index (κ2) is 7.98. The maximum Gasteiger partial charge on any atom is 0.338 e. The Morgan fingerprint density at radius 3 is 2.74 bits per heavy atom. The van der Waals surface area contributed by atoms with Gasteiger partial charge in [-0.25, -0.2) is 9.78 Å². The lowest BCUT2D eigenvalue weighted by molar-refractivity contribution is -0.116. The maximum absolute atomic E-state index is 13.2. The van der Waals surface area contributed by atoms with Crippen molar-refractivity contribution in [2.24, 2.45) is 0 Å². The SMILES string of the molecule is CC(=O)N1CC(C)(C)c2ccc(NC(=O)c3cccnc3Nc3cccc4c3COC4=O)cc21. The fourth-order valence-electron chi connectivity index (χ4n) is 4.53. The van der Waals surface area contributed by atoms with E-state index in [4.69, 9.17) is 4.74 Å². The van der Waals surface area contributed by atoms with Crippen LogP contribution in [0.15, 0.2) is 54.7 Å². The van der Waals surface area contributed by atoms with Crippen LogP contribution in [-0.2, 0) is 21.6 Å². The summed E-state index contributed by atoms with van der Waals surface area (Å²) in [5.41, 5.74) is 4.54. The number of hydrogen-bond donors (Lipinski definition) is 2. The van der Waals surface area contributed by atoms with Crippen molar-refractivity contribution in [2.45, 2.75) is 32.8 Å². The van der Waals surface area contributed by atoms with Crippen LogP contribution in [0.4, 0.5) is 22.9 Å². The van der Waals surface area contributed by atoms with Crippen molar-refractivity contribution in [1.29, 1.82) is 0 Å². The van der Waals surface area contributed by atoms with Gasteiger partial charge in [0.2, 0.25) is 5.91 Å². The summed E-state index contributed by atoms with van der Waals surface area (Å²) in [4.78, 5) is 43.3. The molecule has 3 heterocycles. The number of amides is 2. The molecule has 0 bridgehead atoms. The zero-order chi connectivity index (χ0) is 24.0. The van der Waals surface area contributed by atoms with Crippen LogP contribution in [-0.4, -0.2) is 29.3 Å². The summed E-state index contributed by atoms with van der Waals surface area (Å²) >= 11 is 0. The molecule has 0 radical (unpaired) electrons. The van der Waals surface area contributed by atoms with Crippen molar-refractivity contribution < 1.29 is 19.1 Å². The molecule has 5 rings (SSSR count). The van der Waals surface area contributed by atoms with E-state index >= 15 is 0 Å². The average molecular weight is 457 g/mol. The third-order valence-corrected chi connectivity index (χ3v) is 6.26. The second-order valence-electron chi connectivity index (χ2n) is 9.11. The fraction of sp³-hybridized carbons (Fsp3) is 0.231. The maximum atomic E-state index is 13.2. The molecular weight excluding hydrogens is 432 g/mol. The highest BCUT2D eigenvalue weighted by Crippen LogP contribution is 2.42. The predicted molar refractivity (Wildman–Crippen MR) is 129 cm³/mol. The van der Waals surface area contributed by atoms with Crippen molar-refractivity contribution in [3.8, 4) is 0 Å². The molecule has 0 spiro atoms. The zero-order valence-electron chi connectivity index (χ0n) is 19.1. The molecule has 2 aliphatic heterocycles. The van der Waals surface area contributed by atoms with E-state index in [9.17, 15) is 14.4 Å². The molecule has 2 amide bonds. The number of carbonyl (C=O) groups excluding carboxylic acids is 3. The minimum atomic E-state index is -0.364. The molecule has 2 N–H and O–H groups in total. The number of esters is 1. The van der Waals surface area contributed by atoms with E-state index < -0.39 is 0 Å². The summed E-state index contributed by atoms with van der Waals surface area (Å²) in [6.45, 7) is 6.51. The van der Waals surface area contributed by atoms with Crippen molar-refractivity contribution in [3.05, 3.63) is 77.0 Å². The number of aromatic nitrogens is 1. The Balaban J connectivity index is 1.42. The van der Waals surface area contributed by atoms with Crippen LogP contribution in [0.5, 0.6) is 0 Å². The van der Waals surface area contributed by atoms with Gasteiger partial charge in [-0.2, -0.15) is 0 Å². The Hall–Kier alpha value is -4.20. The number of hydrogen-bond acceptors (Lipinski definition) is 6. The van der Waals surface area contributed by atoms with Crippen LogP contribution < -0.4 is 15.5 Å². The summed E-state index contributed by atoms with van der Waals surface area (Å²) in [6, 6.07) is 14.3. The van der Waals surface area contributed by atoms with Crippen molar-refractivity contribution in [2.75, 3.05) is 22.1 Å². The number of nitrogens with one attached hydrogen (secondary N) is 2. The van der Waals surface area contributed by atoms with Gasteiger partial charge < -0.3 is 20.3 Å². The van der Waals surface area contributed by atoms with Crippen molar-refractivity contribution in [3.63, 3.8) is 0 Å². The lowest BCUT2D eigenvalue weighted by Crippen LogP contribution is -2.32. The van der Waals surface area contributed by atoms with Gasteiger partial charge in [-0.1, -0.05) is 26.0 Å². The third-order valence-electron chi connectivity index (χ3n) is 6.26. The lowest BCUT2D eigenvalue weighted by atomic mass is 9.87. The molecule has 3 aromatic rings. The minimum absolute atomic E-state index is 0.0353. The van der Waals surface area contributed by atoms with Gasteiger partial charge in [-0.05, 0) is 42.0 Å². The molecule has 0 fully saturated rings. The van der Waals surface area contributed by atoms with Crippen LogP contribution in [0, 0.1) is 0 Å². The number of nitrogens with zero attached hydrogens (tertiary/aromatic N) is 2. The van der Waals surface area contributed by atoms with E-state index in [1.165, 1.54) is 0 Å². The number of fused-ring (bicyclic) bond motifs is 2. The van der Waals surface area contributed by atoms with Gasteiger partial charge in [0, 0.05) is 47.7 Å². The molecular formula is C26H24N4O4. The summed E-state index contributed by atoms with van der Waals surface area (Å²) in [6.07, 6.45) is 1.59. The molecule has 1 aromatic heterocycles. The second-order valence-corrected chi connectivity index (χ2v) is 9.11. The Morgan fingerprint density at radius 1 is 1.12 bits per heavy atom. The number of anilines is 4. The number of carbonyl (C=O) groups is 3. The molecule has 34 heavy (non-hydrogen) atoms. The Kier molecular flexibility index (Phi) is 5.08. The van der Waals surface area contributed by atoms with E-state index in [1.54, 1.807) is 42.3 Å². The van der Waals surface area contributed by atoms with Crippen LogP contribution in [0.2, 0.25) is 0 Å². The zero-order valence-corrected chi connectivity index (χ0v) is 19.1. The fourth-order valence-corrected chi connectivity index (χ4v) is 4.53. The standard InChI is InChI=1S/C26H24N4O4/c1-15(31)30-14-26(2,3)20-10-9-16(12-22(20)30)28-24(32)18-7-5-11-27-23(18)29-21-8-4-6-17-19(21)13-34-25(17)33/h4-12H,13-14H2,1-3H3,(H,27,29)(H,28,32). The number of ether oxygens (including phenoxy) is 1. The molecule has 0 aliphatic carbocycles.